The molecule has 2 atom stereocenters. The molecule has 3 rings (SSSR count). The molecule has 2 saturated carbocycles. The fourth-order valence-electron chi connectivity index (χ4n) is 2.89. The molecule has 2 aliphatic rings. The Kier molecular flexibility index (Phi) is 2.62. The topological polar surface area (TPSA) is 29.1 Å². The van der Waals surface area contributed by atoms with Crippen molar-refractivity contribution in [1.82, 2.24) is 0 Å². The zero-order valence-corrected chi connectivity index (χ0v) is 10.6. The summed E-state index contributed by atoms with van der Waals surface area (Å²) in [6, 6.07) is 5.60. The van der Waals surface area contributed by atoms with Crippen molar-refractivity contribution in [1.29, 1.82) is 0 Å². The number of rotatable bonds is 2. The molecule has 0 heterocycles. The van der Waals surface area contributed by atoms with Crippen molar-refractivity contribution < 1.29 is 4.79 Å². The van der Waals surface area contributed by atoms with Gasteiger partial charge in [-0.1, -0.05) is 17.7 Å². The first kappa shape index (κ1) is 11.1. The fourth-order valence-corrected chi connectivity index (χ4v) is 3.06. The minimum absolute atomic E-state index is 0.169. The second-order valence-electron chi connectivity index (χ2n) is 5.37. The standard InChI is InChI=1S/C14H16ClNO/c1-8-2-3-12(15)7-13(8)16-14(17)11-5-9-4-10(9)6-11/h2-3,7,9-11H,4-6H2,1H3,(H,16,17). The van der Waals surface area contributed by atoms with Gasteiger partial charge >= 0.3 is 0 Å². The van der Waals surface area contributed by atoms with Crippen LogP contribution in [0.25, 0.3) is 0 Å². The monoisotopic (exact) mass is 249 g/mol. The summed E-state index contributed by atoms with van der Waals surface area (Å²) in [6.07, 6.45) is 3.51. The third-order valence-corrected chi connectivity index (χ3v) is 4.31. The molecule has 1 amide bonds. The molecule has 2 aliphatic carbocycles. The van der Waals surface area contributed by atoms with Gasteiger partial charge in [0.2, 0.25) is 5.91 Å². The van der Waals surface area contributed by atoms with E-state index in [1.165, 1.54) is 6.42 Å². The second-order valence-corrected chi connectivity index (χ2v) is 5.81. The highest BCUT2D eigenvalue weighted by atomic mass is 35.5. The summed E-state index contributed by atoms with van der Waals surface area (Å²) in [5.74, 6) is 2.07. The molecule has 0 aromatic heterocycles. The van der Waals surface area contributed by atoms with Crippen LogP contribution < -0.4 is 5.32 Å². The van der Waals surface area contributed by atoms with Gasteiger partial charge in [-0.25, -0.2) is 0 Å². The number of carbonyl (C=O) groups excluding carboxylic acids is 1. The van der Waals surface area contributed by atoms with Crippen LogP contribution in [0.3, 0.4) is 0 Å². The summed E-state index contributed by atoms with van der Waals surface area (Å²) in [5.41, 5.74) is 1.91. The van der Waals surface area contributed by atoms with E-state index in [-0.39, 0.29) is 11.8 Å². The molecule has 17 heavy (non-hydrogen) atoms. The van der Waals surface area contributed by atoms with Gasteiger partial charge in [-0.15, -0.1) is 0 Å². The zero-order chi connectivity index (χ0) is 12.0. The number of amides is 1. The van der Waals surface area contributed by atoms with Crippen LogP contribution in [0.5, 0.6) is 0 Å². The Morgan fingerprint density at radius 2 is 2.00 bits per heavy atom. The van der Waals surface area contributed by atoms with Gasteiger partial charge < -0.3 is 5.32 Å². The molecule has 0 radical (unpaired) electrons. The maximum atomic E-state index is 12.1. The first-order chi connectivity index (χ1) is 8.13. The molecule has 1 N–H and O–H groups in total. The molecule has 1 aromatic rings. The number of fused-ring (bicyclic) bond motifs is 1. The van der Waals surface area contributed by atoms with Crippen LogP contribution >= 0.6 is 11.6 Å². The van der Waals surface area contributed by atoms with E-state index in [0.717, 1.165) is 35.9 Å². The summed E-state index contributed by atoms with van der Waals surface area (Å²) in [4.78, 5) is 12.1. The normalized spacial score (nSPS) is 29.9. The smallest absolute Gasteiger partial charge is 0.227 e. The fraction of sp³-hybridized carbons (Fsp3) is 0.500. The third kappa shape index (κ3) is 2.19. The van der Waals surface area contributed by atoms with Gasteiger partial charge in [0.25, 0.3) is 0 Å². The Labute approximate surface area is 106 Å². The van der Waals surface area contributed by atoms with Gasteiger partial charge in [-0.2, -0.15) is 0 Å². The Bertz CT molecular complexity index is 461. The lowest BCUT2D eigenvalue weighted by atomic mass is 10.0. The number of hydrogen-bond donors (Lipinski definition) is 1. The molecule has 1 aromatic carbocycles. The minimum Gasteiger partial charge on any atom is -0.326 e. The number of halogens is 1. The van der Waals surface area contributed by atoms with E-state index in [9.17, 15) is 4.79 Å². The lowest BCUT2D eigenvalue weighted by Gasteiger charge is -2.14. The number of nitrogens with one attached hydrogen (secondary N) is 1. The van der Waals surface area contributed by atoms with Crippen molar-refractivity contribution in [2.75, 3.05) is 5.32 Å². The lowest BCUT2D eigenvalue weighted by Crippen LogP contribution is -2.22. The number of anilines is 1. The van der Waals surface area contributed by atoms with Crippen molar-refractivity contribution in [2.45, 2.75) is 26.2 Å². The van der Waals surface area contributed by atoms with E-state index in [1.54, 1.807) is 0 Å². The summed E-state index contributed by atoms with van der Waals surface area (Å²) >= 11 is 5.94. The number of carbonyl (C=O) groups is 1. The van der Waals surface area contributed by atoms with Gasteiger partial charge in [0.1, 0.15) is 0 Å². The Balaban J connectivity index is 1.69. The molecular formula is C14H16ClNO. The van der Waals surface area contributed by atoms with Crippen LogP contribution in [0.2, 0.25) is 5.02 Å². The number of benzene rings is 1. The molecule has 90 valence electrons. The van der Waals surface area contributed by atoms with E-state index < -0.39 is 0 Å². The molecule has 0 spiro atoms. The van der Waals surface area contributed by atoms with Crippen LogP contribution in [0.15, 0.2) is 18.2 Å². The molecule has 0 bridgehead atoms. The van der Waals surface area contributed by atoms with E-state index in [2.05, 4.69) is 5.32 Å². The SMILES string of the molecule is Cc1ccc(Cl)cc1NC(=O)C1CC2CC2C1. The quantitative estimate of drug-likeness (QED) is 0.852. The van der Waals surface area contributed by atoms with Crippen LogP contribution in [-0.4, -0.2) is 5.91 Å². The molecule has 2 fully saturated rings. The maximum absolute atomic E-state index is 12.1. The molecule has 2 unspecified atom stereocenters. The Morgan fingerprint density at radius 3 is 2.71 bits per heavy atom. The first-order valence-electron chi connectivity index (χ1n) is 6.20. The Morgan fingerprint density at radius 1 is 1.29 bits per heavy atom. The van der Waals surface area contributed by atoms with Crippen LogP contribution in [-0.2, 0) is 4.79 Å². The van der Waals surface area contributed by atoms with E-state index in [4.69, 9.17) is 11.6 Å². The van der Waals surface area contributed by atoms with Crippen molar-refractivity contribution in [3.63, 3.8) is 0 Å². The first-order valence-corrected chi connectivity index (χ1v) is 6.58. The average molecular weight is 250 g/mol. The lowest BCUT2D eigenvalue weighted by molar-refractivity contribution is -0.120. The van der Waals surface area contributed by atoms with Crippen LogP contribution in [0.4, 0.5) is 5.69 Å². The predicted octanol–water partition coefficient (Wildman–Crippen LogP) is 3.63. The molecule has 0 saturated heterocycles. The van der Waals surface area contributed by atoms with Gasteiger partial charge in [0.05, 0.1) is 0 Å². The highest BCUT2D eigenvalue weighted by Gasteiger charge is 2.47. The van der Waals surface area contributed by atoms with E-state index in [1.807, 2.05) is 25.1 Å². The summed E-state index contributed by atoms with van der Waals surface area (Å²) in [6.45, 7) is 1.98. The zero-order valence-electron chi connectivity index (χ0n) is 9.87. The summed E-state index contributed by atoms with van der Waals surface area (Å²) < 4.78 is 0. The third-order valence-electron chi connectivity index (χ3n) is 4.07. The number of aryl methyl sites for hydroxylation is 1. The predicted molar refractivity (Wildman–Crippen MR) is 69.1 cm³/mol. The van der Waals surface area contributed by atoms with Gasteiger partial charge in [0.15, 0.2) is 0 Å². The highest BCUT2D eigenvalue weighted by Crippen LogP contribution is 2.54. The van der Waals surface area contributed by atoms with Gasteiger partial charge in [0, 0.05) is 16.6 Å². The molecular weight excluding hydrogens is 234 g/mol. The molecule has 0 aliphatic heterocycles. The maximum Gasteiger partial charge on any atom is 0.227 e. The van der Waals surface area contributed by atoms with Crippen molar-refractivity contribution in [3.05, 3.63) is 28.8 Å². The average Bonchev–Trinajstić information content (AvgIpc) is 2.91. The minimum atomic E-state index is 0.169. The van der Waals surface area contributed by atoms with Crippen molar-refractivity contribution in [3.8, 4) is 0 Å². The van der Waals surface area contributed by atoms with E-state index >= 15 is 0 Å². The van der Waals surface area contributed by atoms with Crippen LogP contribution in [0, 0.1) is 24.7 Å². The van der Waals surface area contributed by atoms with Crippen LogP contribution in [0.1, 0.15) is 24.8 Å². The highest BCUT2D eigenvalue weighted by molar-refractivity contribution is 6.31. The van der Waals surface area contributed by atoms with Crippen molar-refractivity contribution in [2.24, 2.45) is 17.8 Å². The summed E-state index contributed by atoms with van der Waals surface area (Å²) in [7, 11) is 0. The second kappa shape index (κ2) is 4.02. The van der Waals surface area contributed by atoms with E-state index in [0.29, 0.717) is 5.02 Å². The van der Waals surface area contributed by atoms with Gasteiger partial charge in [-0.05, 0) is 55.7 Å². The van der Waals surface area contributed by atoms with Crippen molar-refractivity contribution >= 4 is 23.2 Å². The summed E-state index contributed by atoms with van der Waals surface area (Å²) in [5, 5.41) is 3.68. The molecule has 3 heteroatoms. The number of hydrogen-bond acceptors (Lipinski definition) is 1. The Hall–Kier alpha value is -1.02. The van der Waals surface area contributed by atoms with Gasteiger partial charge in [-0.3, -0.25) is 4.79 Å². The molecule has 2 nitrogen and oxygen atoms in total. The largest absolute Gasteiger partial charge is 0.326 e.